The van der Waals surface area contributed by atoms with Crippen molar-refractivity contribution in [3.63, 3.8) is 0 Å². The van der Waals surface area contributed by atoms with Gasteiger partial charge in [0.1, 0.15) is 0 Å². The molecular formula is C20H26N2O. The summed E-state index contributed by atoms with van der Waals surface area (Å²) in [6.07, 6.45) is 10.6. The molecule has 1 unspecified atom stereocenters. The minimum absolute atomic E-state index is 0.0646. The van der Waals surface area contributed by atoms with Crippen molar-refractivity contribution in [2.75, 3.05) is 0 Å². The fraction of sp³-hybridized carbons (Fsp3) is 0.450. The summed E-state index contributed by atoms with van der Waals surface area (Å²) in [4.78, 5) is 12.6. The monoisotopic (exact) mass is 310 g/mol. The van der Waals surface area contributed by atoms with Crippen molar-refractivity contribution in [3.05, 3.63) is 59.9 Å². The predicted molar refractivity (Wildman–Crippen MR) is 93.4 cm³/mol. The Labute approximate surface area is 138 Å². The zero-order valence-electron chi connectivity index (χ0n) is 13.9. The van der Waals surface area contributed by atoms with Gasteiger partial charge in [0.2, 0.25) is 5.91 Å². The van der Waals surface area contributed by atoms with Crippen LogP contribution in [-0.2, 0) is 4.79 Å². The molecule has 1 aliphatic carbocycles. The molecule has 0 spiro atoms. The number of nitrogens with zero attached hydrogens (tertiary/aromatic N) is 1. The maximum Gasteiger partial charge on any atom is 0.222 e. The maximum absolute atomic E-state index is 12.6. The summed E-state index contributed by atoms with van der Waals surface area (Å²) < 4.78 is 2.14. The smallest absolute Gasteiger partial charge is 0.222 e. The van der Waals surface area contributed by atoms with Crippen LogP contribution in [0.3, 0.4) is 0 Å². The van der Waals surface area contributed by atoms with Crippen LogP contribution in [0.4, 0.5) is 0 Å². The Bertz CT molecular complexity index is 627. The van der Waals surface area contributed by atoms with Crippen LogP contribution in [0.15, 0.2) is 48.8 Å². The van der Waals surface area contributed by atoms with Gasteiger partial charge in [-0.1, -0.05) is 43.5 Å². The fourth-order valence-corrected chi connectivity index (χ4v) is 3.60. The molecule has 0 radical (unpaired) electrons. The van der Waals surface area contributed by atoms with Crippen LogP contribution in [0.2, 0.25) is 0 Å². The number of aromatic nitrogens is 1. The summed E-state index contributed by atoms with van der Waals surface area (Å²) in [5.41, 5.74) is 2.46. The summed E-state index contributed by atoms with van der Waals surface area (Å²) >= 11 is 0. The highest BCUT2D eigenvalue weighted by molar-refractivity contribution is 5.77. The molecule has 1 saturated carbocycles. The van der Waals surface area contributed by atoms with E-state index in [1.165, 1.54) is 30.4 Å². The lowest BCUT2D eigenvalue weighted by atomic mass is 9.94. The van der Waals surface area contributed by atoms with Crippen molar-refractivity contribution in [1.82, 2.24) is 9.88 Å². The number of carbonyl (C=O) groups is 1. The van der Waals surface area contributed by atoms with Gasteiger partial charge in [0.15, 0.2) is 0 Å². The number of carbonyl (C=O) groups excluding carboxylic acids is 1. The van der Waals surface area contributed by atoms with Gasteiger partial charge in [-0.3, -0.25) is 4.79 Å². The number of aryl methyl sites for hydroxylation is 1. The van der Waals surface area contributed by atoms with Gasteiger partial charge in [-0.25, -0.2) is 0 Å². The highest BCUT2D eigenvalue weighted by atomic mass is 16.1. The average Bonchev–Trinajstić information content (AvgIpc) is 3.09. The first kappa shape index (κ1) is 15.9. The van der Waals surface area contributed by atoms with Crippen molar-refractivity contribution in [3.8, 4) is 0 Å². The third-order valence-corrected chi connectivity index (χ3v) is 4.88. The Hall–Kier alpha value is -2.03. The van der Waals surface area contributed by atoms with E-state index in [4.69, 9.17) is 0 Å². The van der Waals surface area contributed by atoms with E-state index in [1.54, 1.807) is 0 Å². The molecular weight excluding hydrogens is 284 g/mol. The summed E-state index contributed by atoms with van der Waals surface area (Å²) in [6, 6.07) is 12.8. The first-order chi connectivity index (χ1) is 11.2. The minimum atomic E-state index is 0.0646. The third kappa shape index (κ3) is 4.04. The largest absolute Gasteiger partial charge is 0.353 e. The van der Waals surface area contributed by atoms with Gasteiger partial charge in [0.25, 0.3) is 0 Å². The van der Waals surface area contributed by atoms with Crippen molar-refractivity contribution in [2.45, 2.75) is 57.5 Å². The van der Waals surface area contributed by atoms with Gasteiger partial charge in [-0.05, 0) is 43.0 Å². The van der Waals surface area contributed by atoms with Crippen LogP contribution < -0.4 is 5.32 Å². The first-order valence-corrected chi connectivity index (χ1v) is 8.71. The van der Waals surface area contributed by atoms with Crippen LogP contribution in [0, 0.1) is 6.92 Å². The SMILES string of the molecule is Cc1ccccc1C(CC(=O)NC1CCCCC1)n1cccc1. The van der Waals surface area contributed by atoms with Gasteiger partial charge < -0.3 is 9.88 Å². The molecule has 1 aromatic heterocycles. The zero-order chi connectivity index (χ0) is 16.1. The Morgan fingerprint density at radius 3 is 2.52 bits per heavy atom. The van der Waals surface area contributed by atoms with Crippen LogP contribution in [0.5, 0.6) is 0 Å². The standard InChI is InChI=1S/C20H26N2O/c1-16-9-5-6-12-18(16)19(22-13-7-8-14-22)15-20(23)21-17-10-3-2-4-11-17/h5-9,12-14,17,19H,2-4,10-11,15H2,1H3,(H,21,23). The molecule has 3 rings (SSSR count). The lowest BCUT2D eigenvalue weighted by Crippen LogP contribution is -2.37. The normalized spacial score (nSPS) is 16.9. The molecule has 0 aliphatic heterocycles. The molecule has 1 N–H and O–H groups in total. The molecule has 23 heavy (non-hydrogen) atoms. The van der Waals surface area contributed by atoms with Gasteiger partial charge >= 0.3 is 0 Å². The first-order valence-electron chi connectivity index (χ1n) is 8.71. The van der Waals surface area contributed by atoms with Crippen LogP contribution >= 0.6 is 0 Å². The number of benzene rings is 1. The number of rotatable bonds is 5. The molecule has 1 amide bonds. The van der Waals surface area contributed by atoms with E-state index < -0.39 is 0 Å². The van der Waals surface area contributed by atoms with Crippen molar-refractivity contribution in [1.29, 1.82) is 0 Å². The zero-order valence-corrected chi connectivity index (χ0v) is 13.9. The van der Waals surface area contributed by atoms with E-state index in [9.17, 15) is 4.79 Å². The Morgan fingerprint density at radius 1 is 1.13 bits per heavy atom. The molecule has 2 aromatic rings. The highest BCUT2D eigenvalue weighted by Gasteiger charge is 2.21. The highest BCUT2D eigenvalue weighted by Crippen LogP contribution is 2.26. The molecule has 1 fully saturated rings. The lowest BCUT2D eigenvalue weighted by molar-refractivity contribution is -0.122. The van der Waals surface area contributed by atoms with Gasteiger partial charge in [-0.15, -0.1) is 0 Å². The summed E-state index contributed by atoms with van der Waals surface area (Å²) in [5, 5.41) is 3.25. The second-order valence-corrected chi connectivity index (χ2v) is 6.61. The predicted octanol–water partition coefficient (Wildman–Crippen LogP) is 4.22. The van der Waals surface area contributed by atoms with Crippen LogP contribution in [0.25, 0.3) is 0 Å². The maximum atomic E-state index is 12.6. The number of nitrogens with one attached hydrogen (secondary N) is 1. The second-order valence-electron chi connectivity index (χ2n) is 6.61. The van der Waals surface area contributed by atoms with E-state index in [0.29, 0.717) is 12.5 Å². The summed E-state index contributed by atoms with van der Waals surface area (Å²) in [5.74, 6) is 0.166. The summed E-state index contributed by atoms with van der Waals surface area (Å²) in [7, 11) is 0. The van der Waals surface area contributed by atoms with Crippen molar-refractivity contribution in [2.24, 2.45) is 0 Å². The molecule has 1 aromatic carbocycles. The van der Waals surface area contributed by atoms with Gasteiger partial charge in [0, 0.05) is 18.4 Å². The topological polar surface area (TPSA) is 34.0 Å². The van der Waals surface area contributed by atoms with E-state index in [1.807, 2.05) is 30.6 Å². The number of hydrogen-bond donors (Lipinski definition) is 1. The van der Waals surface area contributed by atoms with Crippen molar-refractivity contribution < 1.29 is 4.79 Å². The molecule has 122 valence electrons. The number of amides is 1. The average molecular weight is 310 g/mol. The number of hydrogen-bond acceptors (Lipinski definition) is 1. The quantitative estimate of drug-likeness (QED) is 0.881. The molecule has 0 bridgehead atoms. The second kappa shape index (κ2) is 7.49. The fourth-order valence-electron chi connectivity index (χ4n) is 3.60. The lowest BCUT2D eigenvalue weighted by Gasteiger charge is -2.25. The minimum Gasteiger partial charge on any atom is -0.353 e. The van der Waals surface area contributed by atoms with E-state index in [0.717, 1.165) is 12.8 Å². The Morgan fingerprint density at radius 2 is 1.83 bits per heavy atom. The molecule has 3 heteroatoms. The van der Waals surface area contributed by atoms with Gasteiger partial charge in [0.05, 0.1) is 12.5 Å². The van der Waals surface area contributed by atoms with Crippen LogP contribution in [0.1, 0.15) is 55.7 Å². The van der Waals surface area contributed by atoms with E-state index in [2.05, 4.69) is 35.0 Å². The molecule has 3 nitrogen and oxygen atoms in total. The Kier molecular flexibility index (Phi) is 5.16. The van der Waals surface area contributed by atoms with Gasteiger partial charge in [-0.2, -0.15) is 0 Å². The Balaban J connectivity index is 1.74. The molecule has 1 aliphatic rings. The van der Waals surface area contributed by atoms with Crippen molar-refractivity contribution >= 4 is 5.91 Å². The molecule has 0 saturated heterocycles. The van der Waals surface area contributed by atoms with E-state index in [-0.39, 0.29) is 11.9 Å². The third-order valence-electron chi connectivity index (χ3n) is 4.88. The van der Waals surface area contributed by atoms with E-state index >= 15 is 0 Å². The summed E-state index contributed by atoms with van der Waals surface area (Å²) in [6.45, 7) is 2.12. The molecule has 1 heterocycles. The molecule has 1 atom stereocenters. The van der Waals surface area contributed by atoms with Crippen LogP contribution in [-0.4, -0.2) is 16.5 Å².